The highest BCUT2D eigenvalue weighted by Gasteiger charge is 2.56. The lowest BCUT2D eigenvalue weighted by molar-refractivity contribution is -0.122. The summed E-state index contributed by atoms with van der Waals surface area (Å²) >= 11 is 1.91. The minimum Gasteiger partial charge on any atom is -0.497 e. The molecule has 4 aromatic rings. The first-order valence-electron chi connectivity index (χ1n) is 13.1. The maximum atomic E-state index is 13.9. The standard InChI is InChI=1S/C29H23FN4O7S3/c1-41-19-10-8-18(9-11-19)34-26(36)23-22(15-2-4-16(30)5-3-15)25-28(42-24(23)27(34)37)33(29(38)43-25)14-21(35)32-17-6-12-20(13-7-17)44(31,39)40/h2-13,22-24H,14H2,1H3,(H,32,35)(H2,31,39,40)/t22-,23-,24+/m0/s1. The number of rotatable bonds is 7. The molecule has 0 saturated carbocycles. The topological polar surface area (TPSA) is 158 Å². The first kappa shape index (κ1) is 29.7. The first-order valence-corrected chi connectivity index (χ1v) is 16.3. The fourth-order valence-corrected chi connectivity index (χ4v) is 8.63. The van der Waals surface area contributed by atoms with Gasteiger partial charge in [-0.3, -0.25) is 23.7 Å². The molecule has 44 heavy (non-hydrogen) atoms. The van der Waals surface area contributed by atoms with Gasteiger partial charge in [-0.2, -0.15) is 0 Å². The highest BCUT2D eigenvalue weighted by atomic mass is 32.2. The number of methoxy groups -OCH3 is 1. The minimum absolute atomic E-state index is 0.129. The van der Waals surface area contributed by atoms with Crippen molar-refractivity contribution in [3.8, 4) is 5.75 Å². The number of carbonyl (C=O) groups excluding carboxylic acids is 3. The second-order valence-corrected chi connectivity index (χ2v) is 13.7. The van der Waals surface area contributed by atoms with Crippen molar-refractivity contribution in [3.63, 3.8) is 0 Å². The molecule has 0 radical (unpaired) electrons. The van der Waals surface area contributed by atoms with Crippen molar-refractivity contribution in [2.45, 2.75) is 27.6 Å². The molecular formula is C29H23FN4O7S3. The van der Waals surface area contributed by atoms with Gasteiger partial charge in [-0.15, -0.1) is 0 Å². The molecule has 2 aliphatic heterocycles. The van der Waals surface area contributed by atoms with E-state index in [2.05, 4.69) is 5.32 Å². The summed E-state index contributed by atoms with van der Waals surface area (Å²) < 4.78 is 43.4. The number of halogens is 1. The second kappa shape index (κ2) is 11.3. The summed E-state index contributed by atoms with van der Waals surface area (Å²) in [6.07, 6.45) is 0. The zero-order valence-corrected chi connectivity index (χ0v) is 25.2. The molecule has 1 saturated heterocycles. The van der Waals surface area contributed by atoms with Crippen LogP contribution in [0.1, 0.15) is 16.4 Å². The number of nitrogens with zero attached hydrogens (tertiary/aromatic N) is 2. The summed E-state index contributed by atoms with van der Waals surface area (Å²) in [5.74, 6) is -3.07. The van der Waals surface area contributed by atoms with Gasteiger partial charge in [0.25, 0.3) is 0 Å². The summed E-state index contributed by atoms with van der Waals surface area (Å²) in [7, 11) is -2.42. The molecule has 3 heterocycles. The van der Waals surface area contributed by atoms with E-state index in [1.54, 1.807) is 24.3 Å². The maximum absolute atomic E-state index is 13.9. The number of anilines is 2. The molecule has 2 aliphatic rings. The molecule has 1 fully saturated rings. The van der Waals surface area contributed by atoms with Gasteiger partial charge in [0.15, 0.2) is 0 Å². The number of thioether (sulfide) groups is 1. The Labute approximate surface area is 258 Å². The third-order valence-electron chi connectivity index (χ3n) is 7.38. The number of carbonyl (C=O) groups is 3. The predicted molar refractivity (Wildman–Crippen MR) is 162 cm³/mol. The zero-order chi connectivity index (χ0) is 31.3. The van der Waals surface area contributed by atoms with Gasteiger partial charge < -0.3 is 10.1 Å². The summed E-state index contributed by atoms with van der Waals surface area (Å²) in [6, 6.07) is 17.3. The van der Waals surface area contributed by atoms with Crippen molar-refractivity contribution in [2.75, 3.05) is 17.3 Å². The van der Waals surface area contributed by atoms with Crippen molar-refractivity contribution in [1.82, 2.24) is 4.57 Å². The van der Waals surface area contributed by atoms with E-state index in [0.717, 1.165) is 28.0 Å². The van der Waals surface area contributed by atoms with Crippen LogP contribution in [-0.2, 0) is 31.0 Å². The van der Waals surface area contributed by atoms with E-state index in [0.29, 0.717) is 26.9 Å². The smallest absolute Gasteiger partial charge is 0.308 e. The SMILES string of the molecule is COc1ccc(N2C(=O)[C@H]3[C@H](c4ccc(F)cc4)c4sc(=O)n(CC(=O)Nc5ccc(S(N)(=O)=O)cc5)c4S[C@H]3C2=O)cc1. The molecule has 3 aromatic carbocycles. The number of nitrogens with two attached hydrogens (primary N) is 1. The molecule has 11 nitrogen and oxygen atoms in total. The average molecular weight is 655 g/mol. The molecule has 0 aliphatic carbocycles. The van der Waals surface area contributed by atoms with Gasteiger partial charge in [-0.1, -0.05) is 35.2 Å². The Bertz CT molecular complexity index is 1960. The van der Waals surface area contributed by atoms with Gasteiger partial charge in [-0.05, 0) is 66.2 Å². The van der Waals surface area contributed by atoms with E-state index in [-0.39, 0.29) is 10.6 Å². The number of primary sulfonamides is 1. The normalized spacial score (nSPS) is 19.4. The third kappa shape index (κ3) is 5.32. The van der Waals surface area contributed by atoms with E-state index in [1.165, 1.54) is 60.2 Å². The Hall–Kier alpha value is -4.31. The third-order valence-corrected chi connectivity index (χ3v) is 10.9. The van der Waals surface area contributed by atoms with Crippen LogP contribution in [-0.4, -0.2) is 43.1 Å². The number of aromatic nitrogens is 1. The highest BCUT2D eigenvalue weighted by Crippen LogP contribution is 2.53. The van der Waals surface area contributed by atoms with E-state index < -0.39 is 62.1 Å². The van der Waals surface area contributed by atoms with Crippen LogP contribution in [0.2, 0.25) is 0 Å². The average Bonchev–Trinajstić information content (AvgIpc) is 3.43. The zero-order valence-electron chi connectivity index (χ0n) is 22.8. The van der Waals surface area contributed by atoms with Crippen LogP contribution in [0.3, 0.4) is 0 Å². The van der Waals surface area contributed by atoms with Gasteiger partial charge in [0, 0.05) is 16.5 Å². The molecule has 3 amide bonds. The highest BCUT2D eigenvalue weighted by molar-refractivity contribution is 8.00. The Morgan fingerprint density at radius 3 is 2.25 bits per heavy atom. The predicted octanol–water partition coefficient (Wildman–Crippen LogP) is 3.14. The molecule has 6 rings (SSSR count). The molecule has 3 N–H and O–H groups in total. The monoisotopic (exact) mass is 654 g/mol. The van der Waals surface area contributed by atoms with Crippen LogP contribution in [0.15, 0.2) is 87.5 Å². The van der Waals surface area contributed by atoms with E-state index in [1.807, 2.05) is 0 Å². The fraction of sp³-hybridized carbons (Fsp3) is 0.172. The van der Waals surface area contributed by atoms with Gasteiger partial charge in [0.2, 0.25) is 27.7 Å². The molecule has 226 valence electrons. The van der Waals surface area contributed by atoms with E-state index in [4.69, 9.17) is 9.88 Å². The summed E-state index contributed by atoms with van der Waals surface area (Å²) in [5.41, 5.74) is 1.19. The molecule has 15 heteroatoms. The summed E-state index contributed by atoms with van der Waals surface area (Å²) in [4.78, 5) is 55.0. The number of imide groups is 1. The van der Waals surface area contributed by atoms with Crippen LogP contribution in [0, 0.1) is 11.7 Å². The molecule has 1 aromatic heterocycles. The number of hydrogen-bond acceptors (Lipinski definition) is 9. The van der Waals surface area contributed by atoms with Crippen molar-refractivity contribution < 1.29 is 31.9 Å². The lowest BCUT2D eigenvalue weighted by atomic mass is 9.83. The van der Waals surface area contributed by atoms with Crippen molar-refractivity contribution in [2.24, 2.45) is 11.1 Å². The molecule has 3 atom stereocenters. The van der Waals surface area contributed by atoms with Crippen LogP contribution in [0.25, 0.3) is 0 Å². The van der Waals surface area contributed by atoms with Gasteiger partial charge in [0.05, 0.1) is 28.6 Å². The number of fused-ring (bicyclic) bond motifs is 2. The first-order chi connectivity index (χ1) is 21.0. The van der Waals surface area contributed by atoms with Crippen LogP contribution in [0.5, 0.6) is 5.75 Å². The number of thiazole rings is 1. The summed E-state index contributed by atoms with van der Waals surface area (Å²) in [5, 5.41) is 7.20. The lowest BCUT2D eigenvalue weighted by Gasteiger charge is -2.30. The van der Waals surface area contributed by atoms with E-state index >= 15 is 0 Å². The maximum Gasteiger partial charge on any atom is 0.308 e. The number of amides is 3. The van der Waals surface area contributed by atoms with Crippen LogP contribution in [0.4, 0.5) is 15.8 Å². The fourth-order valence-electron chi connectivity index (χ4n) is 5.34. The van der Waals surface area contributed by atoms with Crippen molar-refractivity contribution in [1.29, 1.82) is 0 Å². The van der Waals surface area contributed by atoms with Gasteiger partial charge >= 0.3 is 4.87 Å². The number of benzene rings is 3. The molecular weight excluding hydrogens is 632 g/mol. The number of nitrogens with one attached hydrogen (secondary N) is 1. The molecule has 0 unspecified atom stereocenters. The second-order valence-electron chi connectivity index (χ2n) is 10.0. The van der Waals surface area contributed by atoms with Gasteiger partial charge in [-0.25, -0.2) is 22.8 Å². The number of sulfonamides is 1. The molecule has 0 bridgehead atoms. The summed E-state index contributed by atoms with van der Waals surface area (Å²) in [6.45, 7) is -0.410. The Kier molecular flexibility index (Phi) is 7.65. The quantitative estimate of drug-likeness (QED) is 0.288. The minimum atomic E-state index is -3.92. The van der Waals surface area contributed by atoms with Crippen LogP contribution < -0.4 is 25.0 Å². The van der Waals surface area contributed by atoms with Gasteiger partial charge in [0.1, 0.15) is 23.4 Å². The van der Waals surface area contributed by atoms with Crippen molar-refractivity contribution in [3.05, 3.63) is 98.7 Å². The van der Waals surface area contributed by atoms with Crippen LogP contribution >= 0.6 is 23.1 Å². The Morgan fingerprint density at radius 2 is 1.64 bits per heavy atom. The number of hydrogen-bond donors (Lipinski definition) is 2. The van der Waals surface area contributed by atoms with E-state index in [9.17, 15) is 32.0 Å². The Morgan fingerprint density at radius 1 is 0.977 bits per heavy atom. The largest absolute Gasteiger partial charge is 0.497 e. The Balaban J connectivity index is 1.36. The number of ether oxygens (including phenoxy) is 1. The molecule has 0 spiro atoms. The van der Waals surface area contributed by atoms with Crippen molar-refractivity contribution >= 4 is 62.2 Å². The lowest BCUT2D eigenvalue weighted by Crippen LogP contribution is -2.33.